The van der Waals surface area contributed by atoms with Crippen LogP contribution in [0.5, 0.6) is 0 Å². The van der Waals surface area contributed by atoms with Crippen molar-refractivity contribution in [2.75, 3.05) is 19.8 Å². The van der Waals surface area contributed by atoms with Crippen molar-refractivity contribution in [2.24, 2.45) is 0 Å². The summed E-state index contributed by atoms with van der Waals surface area (Å²) in [7, 11) is 3.42. The number of amides is 1. The van der Waals surface area contributed by atoms with Crippen molar-refractivity contribution < 1.29 is 9.21 Å². The van der Waals surface area contributed by atoms with E-state index in [-0.39, 0.29) is 11.7 Å². The van der Waals surface area contributed by atoms with Crippen molar-refractivity contribution in [3.63, 3.8) is 0 Å². The van der Waals surface area contributed by atoms with Crippen LogP contribution in [0.4, 0.5) is 0 Å². The molecule has 0 N–H and O–H groups in total. The van der Waals surface area contributed by atoms with Crippen molar-refractivity contribution in [1.82, 2.24) is 15.1 Å². The van der Waals surface area contributed by atoms with Gasteiger partial charge in [0.2, 0.25) is 11.8 Å². The summed E-state index contributed by atoms with van der Waals surface area (Å²) in [6, 6.07) is 7.60. The molecule has 2 rings (SSSR count). The summed E-state index contributed by atoms with van der Waals surface area (Å²) in [5, 5.41) is 8.29. The maximum atomic E-state index is 11.5. The van der Waals surface area contributed by atoms with Crippen molar-refractivity contribution >= 4 is 33.6 Å². The molecule has 19 heavy (non-hydrogen) atoms. The largest absolute Gasteiger partial charge is 0.411 e. The third-order valence-electron chi connectivity index (χ3n) is 2.33. The predicted octanol–water partition coefficient (Wildman–Crippen LogP) is 2.68. The number of carbonyl (C=O) groups excluding carboxylic acids is 1. The van der Waals surface area contributed by atoms with Gasteiger partial charge >= 0.3 is 0 Å². The van der Waals surface area contributed by atoms with Crippen LogP contribution in [0, 0.1) is 0 Å². The number of aromatic nitrogens is 2. The van der Waals surface area contributed by atoms with Gasteiger partial charge in [-0.05, 0) is 28.1 Å². The van der Waals surface area contributed by atoms with Gasteiger partial charge in [0.25, 0.3) is 5.22 Å². The molecule has 5 nitrogen and oxygen atoms in total. The maximum absolute atomic E-state index is 11.5. The lowest BCUT2D eigenvalue weighted by Gasteiger charge is -2.07. The van der Waals surface area contributed by atoms with Crippen LogP contribution in [0.3, 0.4) is 0 Å². The topological polar surface area (TPSA) is 59.2 Å². The Bertz CT molecular complexity index is 586. The SMILES string of the molecule is CN(C)C(=O)CSc1nnc(-c2ccccc2Br)o1. The van der Waals surface area contributed by atoms with Crippen LogP contribution in [0.1, 0.15) is 0 Å². The number of thioether (sulfide) groups is 1. The highest BCUT2D eigenvalue weighted by molar-refractivity contribution is 9.10. The third kappa shape index (κ3) is 3.57. The van der Waals surface area contributed by atoms with E-state index in [1.54, 1.807) is 14.1 Å². The minimum absolute atomic E-state index is 0.00522. The summed E-state index contributed by atoms with van der Waals surface area (Å²) in [6.07, 6.45) is 0. The molecule has 1 heterocycles. The van der Waals surface area contributed by atoms with Crippen molar-refractivity contribution in [2.45, 2.75) is 5.22 Å². The maximum Gasteiger partial charge on any atom is 0.277 e. The molecule has 0 radical (unpaired) electrons. The second-order valence-corrected chi connectivity index (χ2v) is 5.71. The Hall–Kier alpha value is -1.34. The van der Waals surface area contributed by atoms with Crippen LogP contribution in [0.25, 0.3) is 11.5 Å². The van der Waals surface area contributed by atoms with E-state index in [0.717, 1.165) is 10.0 Å². The van der Waals surface area contributed by atoms with E-state index in [1.165, 1.54) is 16.7 Å². The number of hydrogen-bond donors (Lipinski definition) is 0. The molecule has 0 aliphatic heterocycles. The summed E-state index contributed by atoms with van der Waals surface area (Å²) in [5.74, 6) is 0.725. The van der Waals surface area contributed by atoms with Gasteiger partial charge in [-0.3, -0.25) is 4.79 Å². The van der Waals surface area contributed by atoms with Crippen LogP contribution in [0.15, 0.2) is 38.4 Å². The Balaban J connectivity index is 2.08. The zero-order chi connectivity index (χ0) is 13.8. The molecule has 0 aliphatic carbocycles. The highest BCUT2D eigenvalue weighted by Gasteiger charge is 2.13. The molecular formula is C12H12BrN3O2S. The van der Waals surface area contributed by atoms with Gasteiger partial charge in [-0.15, -0.1) is 10.2 Å². The highest BCUT2D eigenvalue weighted by Crippen LogP contribution is 2.28. The van der Waals surface area contributed by atoms with E-state index < -0.39 is 0 Å². The first kappa shape index (κ1) is 14.1. The molecule has 0 spiro atoms. The number of halogens is 1. The first-order chi connectivity index (χ1) is 9.08. The second kappa shape index (κ2) is 6.21. The average Bonchev–Trinajstić information content (AvgIpc) is 2.85. The van der Waals surface area contributed by atoms with E-state index >= 15 is 0 Å². The molecule has 0 aliphatic rings. The summed E-state index contributed by atoms with van der Waals surface area (Å²) in [4.78, 5) is 13.0. The molecular weight excluding hydrogens is 330 g/mol. The molecule has 0 saturated heterocycles. The van der Waals surface area contributed by atoms with Crippen molar-refractivity contribution in [3.05, 3.63) is 28.7 Å². The molecule has 100 valence electrons. The zero-order valence-corrected chi connectivity index (χ0v) is 12.9. The molecule has 2 aromatic rings. The Morgan fingerprint density at radius 1 is 1.37 bits per heavy atom. The Morgan fingerprint density at radius 3 is 2.79 bits per heavy atom. The Kier molecular flexibility index (Phi) is 4.60. The molecule has 7 heteroatoms. The lowest BCUT2D eigenvalue weighted by molar-refractivity contribution is -0.125. The van der Waals surface area contributed by atoms with Gasteiger partial charge in [0, 0.05) is 18.6 Å². The normalized spacial score (nSPS) is 10.5. The smallest absolute Gasteiger partial charge is 0.277 e. The molecule has 0 saturated carbocycles. The summed E-state index contributed by atoms with van der Waals surface area (Å²) in [5.41, 5.74) is 0.834. The van der Waals surface area contributed by atoms with Crippen molar-refractivity contribution in [3.8, 4) is 11.5 Å². The first-order valence-corrected chi connectivity index (χ1v) is 7.27. The Labute approximate surface area is 123 Å². The van der Waals surface area contributed by atoms with E-state index in [9.17, 15) is 4.79 Å². The van der Waals surface area contributed by atoms with Crippen LogP contribution in [0.2, 0.25) is 0 Å². The van der Waals surface area contributed by atoms with Crippen molar-refractivity contribution in [1.29, 1.82) is 0 Å². The lowest BCUT2D eigenvalue weighted by atomic mass is 10.2. The number of carbonyl (C=O) groups is 1. The second-order valence-electron chi connectivity index (χ2n) is 3.93. The fraction of sp³-hybridized carbons (Fsp3) is 0.250. The number of nitrogens with zero attached hydrogens (tertiary/aromatic N) is 3. The fourth-order valence-electron chi connectivity index (χ4n) is 1.26. The number of rotatable bonds is 4. The standard InChI is InChI=1S/C12H12BrN3O2S/c1-16(2)10(17)7-19-12-15-14-11(18-12)8-5-3-4-6-9(8)13/h3-6H,7H2,1-2H3. The van der Waals surface area contributed by atoms with Gasteiger partial charge < -0.3 is 9.32 Å². The lowest BCUT2D eigenvalue weighted by Crippen LogP contribution is -2.23. The molecule has 0 atom stereocenters. The third-order valence-corrected chi connectivity index (χ3v) is 3.82. The monoisotopic (exact) mass is 341 g/mol. The van der Waals surface area contributed by atoms with Crippen LogP contribution >= 0.6 is 27.7 Å². The molecule has 0 bridgehead atoms. The summed E-state index contributed by atoms with van der Waals surface area (Å²) < 4.78 is 6.41. The molecule has 0 unspecified atom stereocenters. The van der Waals surface area contributed by atoms with Crippen LogP contribution in [-0.2, 0) is 4.79 Å². The molecule has 0 fully saturated rings. The minimum Gasteiger partial charge on any atom is -0.411 e. The number of hydrogen-bond acceptors (Lipinski definition) is 5. The molecule has 1 aromatic carbocycles. The van der Waals surface area contributed by atoms with Gasteiger partial charge in [0.15, 0.2) is 0 Å². The minimum atomic E-state index is 0.00522. The average molecular weight is 342 g/mol. The van der Waals surface area contributed by atoms with Crippen LogP contribution < -0.4 is 0 Å². The van der Waals surface area contributed by atoms with Gasteiger partial charge in [-0.1, -0.05) is 23.9 Å². The van der Waals surface area contributed by atoms with Gasteiger partial charge in [-0.2, -0.15) is 0 Å². The summed E-state index contributed by atoms with van der Waals surface area (Å²) in [6.45, 7) is 0. The van der Waals surface area contributed by atoms with Gasteiger partial charge in [0.05, 0.1) is 11.3 Å². The highest BCUT2D eigenvalue weighted by atomic mass is 79.9. The van der Waals surface area contributed by atoms with Crippen LogP contribution in [-0.4, -0.2) is 40.9 Å². The predicted molar refractivity (Wildman–Crippen MR) is 76.9 cm³/mol. The van der Waals surface area contributed by atoms with Gasteiger partial charge in [-0.25, -0.2) is 0 Å². The molecule has 1 amide bonds. The molecule has 1 aromatic heterocycles. The Morgan fingerprint density at radius 2 is 2.11 bits per heavy atom. The van der Waals surface area contributed by atoms with Gasteiger partial charge in [0.1, 0.15) is 0 Å². The summed E-state index contributed by atoms with van der Waals surface area (Å²) >= 11 is 4.66. The quantitative estimate of drug-likeness (QED) is 0.800. The zero-order valence-electron chi connectivity index (χ0n) is 10.5. The fourth-order valence-corrected chi connectivity index (χ4v) is 2.46. The first-order valence-electron chi connectivity index (χ1n) is 5.49. The van der Waals surface area contributed by atoms with E-state index in [2.05, 4.69) is 26.1 Å². The van der Waals surface area contributed by atoms with E-state index in [0.29, 0.717) is 11.1 Å². The number of benzene rings is 1. The van der Waals surface area contributed by atoms with E-state index in [4.69, 9.17) is 4.42 Å². The van der Waals surface area contributed by atoms with E-state index in [1.807, 2.05) is 24.3 Å².